The molecule has 0 spiro atoms. The number of aromatic amines is 1. The van der Waals surface area contributed by atoms with E-state index < -0.39 is 54.6 Å². The maximum absolute atomic E-state index is 14.5. The van der Waals surface area contributed by atoms with Gasteiger partial charge >= 0.3 is 24.3 Å². The molecule has 0 radical (unpaired) electrons. The molecule has 0 fully saturated rings. The molecular weight excluding hydrogens is 1030 g/mol. The Morgan fingerprint density at radius 2 is 1.01 bits per heavy atom. The number of benzene rings is 4. The largest absolute Gasteiger partial charge is 0.492 e. The van der Waals surface area contributed by atoms with Gasteiger partial charge in [-0.25, -0.2) is 9.97 Å². The van der Waals surface area contributed by atoms with Gasteiger partial charge in [0, 0.05) is 60.5 Å². The quantitative estimate of drug-likeness (QED) is 0.0399. The number of hydrogen-bond acceptors (Lipinski definition) is 9. The number of carboxylic acids is 2. The number of alkyl halides is 6. The highest BCUT2D eigenvalue weighted by Gasteiger charge is 2.41. The first-order chi connectivity index (χ1) is 36.7. The molecular formula is C58H58F6N6O7Si. The number of ether oxygens (including phenoxy) is 3. The molecule has 3 N–H and O–H groups in total. The van der Waals surface area contributed by atoms with E-state index in [1.807, 2.05) is 0 Å². The average Bonchev–Trinajstić information content (AvgIpc) is 4.06. The van der Waals surface area contributed by atoms with E-state index in [4.69, 9.17) is 14.2 Å². The van der Waals surface area contributed by atoms with Gasteiger partial charge in [0.2, 0.25) is 0 Å². The van der Waals surface area contributed by atoms with Crippen LogP contribution in [0.15, 0.2) is 146 Å². The highest BCUT2D eigenvalue weighted by Crippen LogP contribution is 2.41. The van der Waals surface area contributed by atoms with E-state index in [2.05, 4.69) is 44.6 Å². The second-order valence-corrected chi connectivity index (χ2v) is 26.4. The summed E-state index contributed by atoms with van der Waals surface area (Å²) in [4.78, 5) is 42.5. The molecule has 0 saturated carbocycles. The van der Waals surface area contributed by atoms with E-state index in [0.717, 1.165) is 21.7 Å². The lowest BCUT2D eigenvalue weighted by Gasteiger charge is -2.19. The number of halogens is 6. The Labute approximate surface area is 448 Å². The molecule has 0 saturated heterocycles. The van der Waals surface area contributed by atoms with Crippen LogP contribution in [-0.4, -0.2) is 79.5 Å². The zero-order valence-corrected chi connectivity index (χ0v) is 44.8. The van der Waals surface area contributed by atoms with Crippen molar-refractivity contribution in [2.24, 2.45) is 10.8 Å². The Morgan fingerprint density at radius 3 is 1.42 bits per heavy atom. The van der Waals surface area contributed by atoms with Crippen molar-refractivity contribution in [3.05, 3.63) is 157 Å². The van der Waals surface area contributed by atoms with E-state index in [1.165, 1.54) is 12.4 Å². The zero-order chi connectivity index (χ0) is 56.6. The van der Waals surface area contributed by atoms with E-state index in [0.29, 0.717) is 51.7 Å². The number of nitrogens with zero attached hydrogens (tertiary/aromatic N) is 5. The summed E-state index contributed by atoms with van der Waals surface area (Å²) < 4.78 is 103. The molecule has 0 bridgehead atoms. The number of carboxylic acid groups (broad SMARTS) is 2. The number of rotatable bonds is 19. The normalized spacial score (nSPS) is 12.2. The maximum atomic E-state index is 14.5. The molecule has 8 aromatic rings. The molecule has 20 heteroatoms. The Balaban J connectivity index is 0.000000231. The first kappa shape index (κ1) is 57.6. The summed E-state index contributed by atoms with van der Waals surface area (Å²) >= 11 is 0. The molecule has 0 aliphatic heterocycles. The molecule has 8 rings (SSSR count). The molecule has 0 aliphatic carbocycles. The third kappa shape index (κ3) is 14.7. The van der Waals surface area contributed by atoms with Crippen LogP contribution in [-0.2, 0) is 33.4 Å². The monoisotopic (exact) mass is 1090 g/mol. The Kier molecular flexibility index (Phi) is 17.5. The van der Waals surface area contributed by atoms with Gasteiger partial charge in [-0.1, -0.05) is 80.3 Å². The second kappa shape index (κ2) is 23.6. The molecule has 408 valence electrons. The number of hydrogen-bond donors (Lipinski definition) is 3. The van der Waals surface area contributed by atoms with Crippen molar-refractivity contribution in [1.82, 2.24) is 29.5 Å². The van der Waals surface area contributed by atoms with Crippen LogP contribution >= 0.6 is 0 Å². The van der Waals surface area contributed by atoms with Gasteiger partial charge in [0.1, 0.15) is 60.2 Å². The van der Waals surface area contributed by atoms with Crippen LogP contribution in [0.25, 0.3) is 67.8 Å². The summed E-state index contributed by atoms with van der Waals surface area (Å²) in [6.07, 6.45) is -6.30. The van der Waals surface area contributed by atoms with Crippen LogP contribution in [0.2, 0.25) is 25.7 Å². The highest BCUT2D eigenvalue weighted by atomic mass is 28.3. The first-order valence-corrected chi connectivity index (χ1v) is 28.3. The zero-order valence-electron chi connectivity index (χ0n) is 43.8. The summed E-state index contributed by atoms with van der Waals surface area (Å²) in [6.45, 7) is 13.0. The van der Waals surface area contributed by atoms with Crippen molar-refractivity contribution in [3.63, 3.8) is 0 Å². The molecule has 0 amide bonds. The summed E-state index contributed by atoms with van der Waals surface area (Å²) in [5, 5.41) is 18.5. The van der Waals surface area contributed by atoms with Crippen LogP contribution in [0.4, 0.5) is 26.3 Å². The van der Waals surface area contributed by atoms with Gasteiger partial charge in [-0.15, -0.1) is 0 Å². The minimum absolute atomic E-state index is 0.00795. The van der Waals surface area contributed by atoms with Gasteiger partial charge in [0.15, 0.2) is 5.69 Å². The van der Waals surface area contributed by atoms with Gasteiger partial charge in [-0.05, 0) is 107 Å². The summed E-state index contributed by atoms with van der Waals surface area (Å²) in [6, 6.07) is 38.0. The number of aliphatic carboxylic acids is 2. The number of aromatic nitrogens is 6. The van der Waals surface area contributed by atoms with Gasteiger partial charge < -0.3 is 29.4 Å². The topological polar surface area (TPSA) is 175 Å². The van der Waals surface area contributed by atoms with Crippen molar-refractivity contribution in [2.75, 3.05) is 19.8 Å². The smallest absolute Gasteiger partial charge is 0.433 e. The summed E-state index contributed by atoms with van der Waals surface area (Å²) in [5.41, 5.74) is 0.120. The van der Waals surface area contributed by atoms with Crippen LogP contribution in [0, 0.1) is 10.8 Å². The van der Waals surface area contributed by atoms with Gasteiger partial charge in [0.25, 0.3) is 0 Å². The van der Waals surface area contributed by atoms with Gasteiger partial charge in [-0.2, -0.15) is 26.3 Å². The Morgan fingerprint density at radius 1 is 0.564 bits per heavy atom. The molecule has 13 nitrogen and oxygen atoms in total. The van der Waals surface area contributed by atoms with Crippen LogP contribution < -0.4 is 9.47 Å². The minimum Gasteiger partial charge on any atom is -0.492 e. The van der Waals surface area contributed by atoms with Crippen LogP contribution in [0.3, 0.4) is 0 Å². The summed E-state index contributed by atoms with van der Waals surface area (Å²) in [7, 11) is -1.44. The molecule has 4 heterocycles. The predicted molar refractivity (Wildman–Crippen MR) is 287 cm³/mol. The lowest BCUT2D eigenvalue weighted by molar-refractivity contribution is -0.149. The molecule has 0 aliphatic rings. The van der Waals surface area contributed by atoms with Crippen molar-refractivity contribution in [1.29, 1.82) is 0 Å². The fraction of sp³-hybridized carbons (Fsp3) is 0.276. The lowest BCUT2D eigenvalue weighted by atomic mass is 9.95. The lowest BCUT2D eigenvalue weighted by Crippen LogP contribution is -2.30. The summed E-state index contributed by atoms with van der Waals surface area (Å²) in [5.74, 6) is -0.691. The predicted octanol–water partition coefficient (Wildman–Crippen LogP) is 14.4. The van der Waals surface area contributed by atoms with Crippen molar-refractivity contribution >= 4 is 20.0 Å². The van der Waals surface area contributed by atoms with Crippen molar-refractivity contribution in [3.8, 4) is 79.3 Å². The molecule has 4 aromatic carbocycles. The molecule has 4 aromatic heterocycles. The maximum Gasteiger partial charge on any atom is 0.433 e. The highest BCUT2D eigenvalue weighted by molar-refractivity contribution is 6.76. The third-order valence-corrected chi connectivity index (χ3v) is 14.0. The SMILES string of the molecule is CC(C)(COc1ccc(-c2ccc(-c3nc(-c4ccccc4)c(C(F)(F)F)[nH]3)cn2)cc1)C(=O)O.CC(C)(COc1ccc(-c2ccc(-c3nc(-c4ccccc4)c(C(F)(F)F)n3COCC[Si](C)(C)C)cn2)cc1)C(=O)O. The van der Waals surface area contributed by atoms with Crippen molar-refractivity contribution < 1.29 is 60.4 Å². The average molecular weight is 1090 g/mol. The van der Waals surface area contributed by atoms with E-state index in [-0.39, 0.29) is 43.0 Å². The number of imidazole rings is 2. The number of pyridine rings is 2. The van der Waals surface area contributed by atoms with Gasteiger partial charge in [-0.3, -0.25) is 24.1 Å². The standard InChI is InChI=1S/C32H36F3N3O4Si.C26H22F3N3O3/c1-31(2,30(39)40)20-42-25-14-11-22(12-15-25)26-16-13-24(19-36-26)29-37-27(23-9-7-6-8-10-23)28(32(33,34)35)38(29)21-41-17-18-43(3,4)5;1-25(2,24(33)34)15-35-19-11-8-16(9-12-19)20-13-10-18(14-30-20)23-31-21(17-6-4-3-5-7-17)22(32-23)26(27,28)29/h6-16,19H,17-18,20-21H2,1-5H3,(H,39,40);3-14H,15H2,1-2H3,(H,31,32)(H,33,34). The minimum atomic E-state index is -4.67. The Bertz CT molecular complexity index is 3290. The first-order valence-electron chi connectivity index (χ1n) is 24.6. The number of H-pyrrole nitrogens is 1. The molecule has 0 atom stereocenters. The fourth-order valence-electron chi connectivity index (χ4n) is 7.43. The van der Waals surface area contributed by atoms with Gasteiger partial charge in [0.05, 0.1) is 22.2 Å². The van der Waals surface area contributed by atoms with E-state index >= 15 is 0 Å². The van der Waals surface area contributed by atoms with Crippen molar-refractivity contribution in [2.45, 2.75) is 72.5 Å². The second-order valence-electron chi connectivity index (χ2n) is 20.8. The van der Waals surface area contributed by atoms with E-state index in [1.54, 1.807) is 161 Å². The third-order valence-electron chi connectivity index (χ3n) is 12.3. The van der Waals surface area contributed by atoms with Crippen LogP contribution in [0.5, 0.6) is 11.5 Å². The Hall–Kier alpha value is -8.10. The molecule has 0 unspecified atom stereocenters. The number of nitrogens with one attached hydrogen (secondary N) is 1. The van der Waals surface area contributed by atoms with Crippen LogP contribution in [0.1, 0.15) is 39.1 Å². The fourth-order valence-corrected chi connectivity index (χ4v) is 8.19. The van der Waals surface area contributed by atoms with E-state index in [9.17, 15) is 46.1 Å². The molecule has 78 heavy (non-hydrogen) atoms. The number of carbonyl (C=O) groups is 2.